The van der Waals surface area contributed by atoms with Crippen molar-refractivity contribution in [1.82, 2.24) is 9.47 Å². The molecule has 0 N–H and O–H groups in total. The lowest BCUT2D eigenvalue weighted by molar-refractivity contribution is -0.137. The number of aromatic nitrogens is 1. The second kappa shape index (κ2) is 10.8. The van der Waals surface area contributed by atoms with Gasteiger partial charge in [-0.25, -0.2) is 0 Å². The number of carbonyl (C=O) groups excluding carboxylic acids is 1. The number of alkyl halides is 3. The molecule has 0 unspecified atom stereocenters. The van der Waals surface area contributed by atoms with Gasteiger partial charge in [0.05, 0.1) is 12.1 Å². The Hall–Kier alpha value is -3.28. The summed E-state index contributed by atoms with van der Waals surface area (Å²) in [5.74, 6) is -0.0393. The van der Waals surface area contributed by atoms with Crippen LogP contribution in [0.4, 0.5) is 13.2 Å². The van der Waals surface area contributed by atoms with E-state index in [4.69, 9.17) is 0 Å². The van der Waals surface area contributed by atoms with Crippen molar-refractivity contribution in [1.29, 1.82) is 0 Å². The Kier molecular flexibility index (Phi) is 7.56. The third kappa shape index (κ3) is 6.19. The Bertz CT molecular complexity index is 1110. The van der Waals surface area contributed by atoms with Crippen molar-refractivity contribution in [2.24, 2.45) is 0 Å². The van der Waals surface area contributed by atoms with Gasteiger partial charge in [0.1, 0.15) is 0 Å². The first-order valence-electron chi connectivity index (χ1n) is 11.7. The lowest BCUT2D eigenvalue weighted by Crippen LogP contribution is -2.40. The summed E-state index contributed by atoms with van der Waals surface area (Å²) in [6.07, 6.45) is 6.28. The highest BCUT2D eigenvalue weighted by molar-refractivity contribution is 5.92. The van der Waals surface area contributed by atoms with Gasteiger partial charge in [-0.15, -0.1) is 0 Å². The van der Waals surface area contributed by atoms with Gasteiger partial charge in [-0.2, -0.15) is 13.2 Å². The van der Waals surface area contributed by atoms with E-state index >= 15 is 0 Å². The van der Waals surface area contributed by atoms with E-state index in [1.54, 1.807) is 12.1 Å². The normalized spacial score (nSPS) is 15.0. The quantitative estimate of drug-likeness (QED) is 0.347. The summed E-state index contributed by atoms with van der Waals surface area (Å²) in [5, 5.41) is 0. The fraction of sp³-hybridized carbons (Fsp3) is 0.321. The van der Waals surface area contributed by atoms with Crippen molar-refractivity contribution >= 4 is 12.0 Å². The molecule has 34 heavy (non-hydrogen) atoms. The SMILES string of the molecule is O=C(C=Cc1ccccc1)N(Cc1cccn1Cc1cccc(C(F)(F)F)c1)C1CCCCC1. The second-order valence-corrected chi connectivity index (χ2v) is 8.83. The Balaban J connectivity index is 1.54. The van der Waals surface area contributed by atoms with Crippen LogP contribution in [0.25, 0.3) is 6.08 Å². The number of nitrogens with zero attached hydrogens (tertiary/aromatic N) is 2. The van der Waals surface area contributed by atoms with Gasteiger partial charge in [0.2, 0.25) is 5.91 Å². The molecule has 3 nitrogen and oxygen atoms in total. The molecular formula is C28H29F3N2O. The minimum Gasteiger partial charge on any atom is -0.345 e. The first-order valence-corrected chi connectivity index (χ1v) is 11.7. The predicted molar refractivity (Wildman–Crippen MR) is 128 cm³/mol. The molecule has 0 saturated heterocycles. The maximum absolute atomic E-state index is 13.3. The standard InChI is InChI=1S/C28H29F3N2O/c29-28(30,31)24-12-7-11-23(19-24)20-32-18-8-15-26(32)21-33(25-13-5-2-6-14-25)27(34)17-16-22-9-3-1-4-10-22/h1,3-4,7-12,15-19,25H,2,5-6,13-14,20-21H2. The molecule has 1 aliphatic carbocycles. The minimum atomic E-state index is -4.37. The topological polar surface area (TPSA) is 25.2 Å². The van der Waals surface area contributed by atoms with Crippen LogP contribution in [0.3, 0.4) is 0 Å². The van der Waals surface area contributed by atoms with E-state index < -0.39 is 11.7 Å². The summed E-state index contributed by atoms with van der Waals surface area (Å²) >= 11 is 0. The molecule has 1 amide bonds. The van der Waals surface area contributed by atoms with Gasteiger partial charge in [-0.1, -0.05) is 61.7 Å². The Morgan fingerprint density at radius 2 is 1.74 bits per heavy atom. The Morgan fingerprint density at radius 1 is 0.971 bits per heavy atom. The monoisotopic (exact) mass is 466 g/mol. The molecule has 1 saturated carbocycles. The van der Waals surface area contributed by atoms with Gasteiger partial charge in [-0.05, 0) is 54.3 Å². The van der Waals surface area contributed by atoms with Gasteiger partial charge >= 0.3 is 6.18 Å². The maximum Gasteiger partial charge on any atom is 0.416 e. The van der Waals surface area contributed by atoms with Crippen LogP contribution in [0, 0.1) is 0 Å². The number of rotatable bonds is 7. The van der Waals surface area contributed by atoms with Crippen molar-refractivity contribution in [2.45, 2.75) is 57.4 Å². The predicted octanol–water partition coefficient (Wildman–Crippen LogP) is 6.93. The van der Waals surface area contributed by atoms with Crippen LogP contribution < -0.4 is 0 Å². The molecule has 0 radical (unpaired) electrons. The summed E-state index contributed by atoms with van der Waals surface area (Å²) in [6, 6.07) is 19.1. The van der Waals surface area contributed by atoms with E-state index in [0.717, 1.165) is 43.0 Å². The highest BCUT2D eigenvalue weighted by atomic mass is 19.4. The zero-order valence-corrected chi connectivity index (χ0v) is 19.0. The van der Waals surface area contributed by atoms with Gasteiger partial charge < -0.3 is 9.47 Å². The third-order valence-electron chi connectivity index (χ3n) is 6.38. The van der Waals surface area contributed by atoms with Crippen molar-refractivity contribution in [2.75, 3.05) is 0 Å². The first-order chi connectivity index (χ1) is 16.4. The zero-order valence-electron chi connectivity index (χ0n) is 19.0. The average Bonchev–Trinajstić information content (AvgIpc) is 3.28. The number of hydrogen-bond acceptors (Lipinski definition) is 1. The largest absolute Gasteiger partial charge is 0.416 e. The molecule has 1 aliphatic rings. The van der Waals surface area contributed by atoms with E-state index in [0.29, 0.717) is 18.7 Å². The molecule has 0 bridgehead atoms. The van der Waals surface area contributed by atoms with E-state index in [1.807, 2.05) is 64.2 Å². The summed E-state index contributed by atoms with van der Waals surface area (Å²) in [5.41, 5.74) is 1.80. The number of carbonyl (C=O) groups is 1. The Labute approximate surface area is 198 Å². The summed E-state index contributed by atoms with van der Waals surface area (Å²) in [4.78, 5) is 15.2. The van der Waals surface area contributed by atoms with Crippen molar-refractivity contribution in [3.8, 4) is 0 Å². The minimum absolute atomic E-state index is 0.0393. The summed E-state index contributed by atoms with van der Waals surface area (Å²) < 4.78 is 41.3. The van der Waals surface area contributed by atoms with Crippen LogP contribution in [-0.4, -0.2) is 21.4 Å². The van der Waals surface area contributed by atoms with Crippen molar-refractivity contribution in [3.63, 3.8) is 0 Å². The smallest absolute Gasteiger partial charge is 0.345 e. The zero-order chi connectivity index (χ0) is 24.0. The molecule has 178 valence electrons. The van der Waals surface area contributed by atoms with Gasteiger partial charge in [0.25, 0.3) is 0 Å². The van der Waals surface area contributed by atoms with Gasteiger partial charge in [0.15, 0.2) is 0 Å². The highest BCUT2D eigenvalue weighted by Crippen LogP contribution is 2.30. The highest BCUT2D eigenvalue weighted by Gasteiger charge is 2.30. The molecule has 1 aromatic heterocycles. The van der Waals surface area contributed by atoms with E-state index in [1.165, 1.54) is 18.6 Å². The molecule has 6 heteroatoms. The molecule has 2 aromatic carbocycles. The average molecular weight is 467 g/mol. The fourth-order valence-electron chi connectivity index (χ4n) is 4.57. The second-order valence-electron chi connectivity index (χ2n) is 8.83. The van der Waals surface area contributed by atoms with Crippen LogP contribution in [0.5, 0.6) is 0 Å². The molecule has 1 fully saturated rings. The van der Waals surface area contributed by atoms with Crippen LogP contribution in [0.1, 0.15) is 54.5 Å². The summed E-state index contributed by atoms with van der Waals surface area (Å²) in [7, 11) is 0. The molecule has 0 spiro atoms. The molecule has 3 aromatic rings. The van der Waals surface area contributed by atoms with E-state index in [9.17, 15) is 18.0 Å². The lowest BCUT2D eigenvalue weighted by Gasteiger charge is -2.34. The summed E-state index contributed by atoms with van der Waals surface area (Å²) in [6.45, 7) is 0.743. The molecule has 0 aliphatic heterocycles. The van der Waals surface area contributed by atoms with Gasteiger partial charge in [0, 0.05) is 30.6 Å². The number of amides is 1. The van der Waals surface area contributed by atoms with Gasteiger partial charge in [-0.3, -0.25) is 4.79 Å². The number of halogens is 3. The molecular weight excluding hydrogens is 437 g/mol. The van der Waals surface area contributed by atoms with Crippen LogP contribution in [0.2, 0.25) is 0 Å². The van der Waals surface area contributed by atoms with Crippen LogP contribution in [0.15, 0.2) is 79.0 Å². The Morgan fingerprint density at radius 3 is 2.47 bits per heavy atom. The molecule has 4 rings (SSSR count). The molecule has 1 heterocycles. The fourth-order valence-corrected chi connectivity index (χ4v) is 4.57. The lowest BCUT2D eigenvalue weighted by atomic mass is 9.94. The maximum atomic E-state index is 13.3. The number of hydrogen-bond donors (Lipinski definition) is 0. The van der Waals surface area contributed by atoms with E-state index in [-0.39, 0.29) is 11.9 Å². The van der Waals surface area contributed by atoms with Crippen LogP contribution >= 0.6 is 0 Å². The van der Waals surface area contributed by atoms with Crippen molar-refractivity contribution < 1.29 is 18.0 Å². The van der Waals surface area contributed by atoms with E-state index in [2.05, 4.69) is 0 Å². The van der Waals surface area contributed by atoms with Crippen molar-refractivity contribution in [3.05, 3.63) is 101 Å². The molecule has 0 atom stereocenters. The third-order valence-corrected chi connectivity index (χ3v) is 6.38. The number of benzene rings is 2. The van der Waals surface area contributed by atoms with Crippen LogP contribution in [-0.2, 0) is 24.1 Å². The first kappa shape index (κ1) is 23.9.